The molecule has 0 aliphatic carbocycles. The second-order valence-corrected chi connectivity index (χ2v) is 8.70. The number of rotatable bonds is 4. The standard InChI is InChI=1S/C26H22ClN5O2/c1-15-6-11-23-21(12-15)25(17-7-9-18(27)10-8-17)29-22(26-31-30-16(2)32(23)26)14-24(34)28-19-4-3-5-20(33)13-19/h3-13,22,33H,14H2,1-2H3,(H,28,34)/t22-/m0/s1. The largest absolute Gasteiger partial charge is 0.508 e. The van der Waals surface area contributed by atoms with Crippen LogP contribution in [0.25, 0.3) is 5.69 Å². The summed E-state index contributed by atoms with van der Waals surface area (Å²) < 4.78 is 1.97. The Labute approximate surface area is 201 Å². The lowest BCUT2D eigenvalue weighted by molar-refractivity contribution is -0.116. The zero-order valence-corrected chi connectivity index (χ0v) is 19.4. The number of amides is 1. The second kappa shape index (κ2) is 8.76. The normalized spacial score (nSPS) is 14.6. The molecule has 0 fully saturated rings. The van der Waals surface area contributed by atoms with Crippen LogP contribution in [-0.4, -0.2) is 31.5 Å². The van der Waals surface area contributed by atoms with Crippen LogP contribution < -0.4 is 5.32 Å². The number of aromatic nitrogens is 3. The van der Waals surface area contributed by atoms with Crippen molar-refractivity contribution in [2.45, 2.75) is 26.3 Å². The number of aliphatic imine (C=N–C) groups is 1. The molecule has 2 heterocycles. The molecule has 0 saturated carbocycles. The van der Waals surface area contributed by atoms with E-state index in [0.29, 0.717) is 22.4 Å². The topological polar surface area (TPSA) is 92.4 Å². The zero-order valence-electron chi connectivity index (χ0n) is 18.7. The van der Waals surface area contributed by atoms with E-state index in [2.05, 4.69) is 21.6 Å². The molecule has 7 nitrogen and oxygen atoms in total. The van der Waals surface area contributed by atoms with Crippen LogP contribution in [0, 0.1) is 13.8 Å². The highest BCUT2D eigenvalue weighted by Crippen LogP contribution is 2.33. The van der Waals surface area contributed by atoms with E-state index < -0.39 is 6.04 Å². The van der Waals surface area contributed by atoms with Crippen molar-refractivity contribution < 1.29 is 9.90 Å². The Morgan fingerprint density at radius 1 is 1.06 bits per heavy atom. The van der Waals surface area contributed by atoms with Crippen LogP contribution in [0.5, 0.6) is 5.75 Å². The molecule has 1 aromatic heterocycles. The predicted molar refractivity (Wildman–Crippen MR) is 132 cm³/mol. The molecule has 34 heavy (non-hydrogen) atoms. The average Bonchev–Trinajstić information content (AvgIpc) is 3.12. The van der Waals surface area contributed by atoms with E-state index in [0.717, 1.165) is 28.1 Å². The number of halogens is 1. The average molecular weight is 472 g/mol. The predicted octanol–water partition coefficient (Wildman–Crippen LogP) is 5.16. The molecule has 2 N–H and O–H groups in total. The van der Waals surface area contributed by atoms with E-state index in [-0.39, 0.29) is 18.1 Å². The SMILES string of the molecule is Cc1ccc2c(c1)C(c1ccc(Cl)cc1)=N[C@@H](CC(=O)Nc1cccc(O)c1)c1nnc(C)n1-2. The summed E-state index contributed by atoms with van der Waals surface area (Å²) >= 11 is 6.14. The first-order valence-electron chi connectivity index (χ1n) is 10.8. The van der Waals surface area contributed by atoms with Gasteiger partial charge in [-0.1, -0.05) is 41.4 Å². The Kier molecular flexibility index (Phi) is 5.63. The highest BCUT2D eigenvalue weighted by Gasteiger charge is 2.29. The first kappa shape index (κ1) is 21.9. The van der Waals surface area contributed by atoms with Gasteiger partial charge in [0.25, 0.3) is 0 Å². The molecule has 0 bridgehead atoms. The fourth-order valence-electron chi connectivity index (χ4n) is 4.16. The van der Waals surface area contributed by atoms with Crippen LogP contribution in [0.3, 0.4) is 0 Å². The third-order valence-electron chi connectivity index (χ3n) is 5.71. The number of carbonyl (C=O) groups is 1. The molecule has 170 valence electrons. The van der Waals surface area contributed by atoms with Crippen molar-refractivity contribution in [2.75, 3.05) is 5.32 Å². The minimum atomic E-state index is -0.572. The lowest BCUT2D eigenvalue weighted by Gasteiger charge is -2.13. The van der Waals surface area contributed by atoms with Gasteiger partial charge in [0.2, 0.25) is 5.91 Å². The van der Waals surface area contributed by atoms with Gasteiger partial charge in [0, 0.05) is 27.9 Å². The number of anilines is 1. The Balaban J connectivity index is 1.61. The van der Waals surface area contributed by atoms with Crippen LogP contribution in [0.1, 0.15) is 40.8 Å². The number of nitrogens with zero attached hydrogens (tertiary/aromatic N) is 4. The molecule has 3 aromatic carbocycles. The van der Waals surface area contributed by atoms with Gasteiger partial charge in [0.05, 0.1) is 17.8 Å². The lowest BCUT2D eigenvalue weighted by Crippen LogP contribution is -2.17. The van der Waals surface area contributed by atoms with Gasteiger partial charge in [-0.05, 0) is 50.2 Å². The first-order chi connectivity index (χ1) is 16.4. The third kappa shape index (κ3) is 4.18. The molecule has 0 saturated heterocycles. The molecule has 1 atom stereocenters. The number of hydrogen-bond acceptors (Lipinski definition) is 5. The van der Waals surface area contributed by atoms with Crippen molar-refractivity contribution >= 4 is 28.9 Å². The number of aromatic hydroxyl groups is 1. The number of phenolic OH excluding ortho intramolecular Hbond substituents is 1. The molecular formula is C26H22ClN5O2. The maximum absolute atomic E-state index is 13.0. The van der Waals surface area contributed by atoms with Crippen molar-refractivity contribution in [1.29, 1.82) is 0 Å². The molecule has 1 amide bonds. The maximum atomic E-state index is 13.0. The molecule has 0 unspecified atom stereocenters. The fraction of sp³-hybridized carbons (Fsp3) is 0.154. The van der Waals surface area contributed by atoms with Crippen LogP contribution in [0.2, 0.25) is 5.02 Å². The Morgan fingerprint density at radius 3 is 2.62 bits per heavy atom. The van der Waals surface area contributed by atoms with E-state index in [1.807, 2.05) is 54.8 Å². The third-order valence-corrected chi connectivity index (χ3v) is 5.96. The van der Waals surface area contributed by atoms with Gasteiger partial charge in [-0.2, -0.15) is 0 Å². The van der Waals surface area contributed by atoms with Gasteiger partial charge in [-0.3, -0.25) is 14.4 Å². The summed E-state index contributed by atoms with van der Waals surface area (Å²) in [6.07, 6.45) is 0.0534. The van der Waals surface area contributed by atoms with Crippen LogP contribution >= 0.6 is 11.6 Å². The minimum Gasteiger partial charge on any atom is -0.508 e. The monoisotopic (exact) mass is 471 g/mol. The van der Waals surface area contributed by atoms with Crippen LogP contribution in [0.4, 0.5) is 5.69 Å². The number of carbonyl (C=O) groups excluding carboxylic acids is 1. The summed E-state index contributed by atoms with van der Waals surface area (Å²) in [5.74, 6) is 1.14. The van der Waals surface area contributed by atoms with E-state index in [9.17, 15) is 9.90 Å². The minimum absolute atomic E-state index is 0.0534. The molecule has 0 radical (unpaired) electrons. The maximum Gasteiger partial charge on any atom is 0.227 e. The zero-order chi connectivity index (χ0) is 23.8. The van der Waals surface area contributed by atoms with Gasteiger partial charge in [-0.25, -0.2) is 0 Å². The first-order valence-corrected chi connectivity index (χ1v) is 11.2. The van der Waals surface area contributed by atoms with Crippen LogP contribution in [0.15, 0.2) is 71.7 Å². The van der Waals surface area contributed by atoms with Gasteiger partial charge < -0.3 is 10.4 Å². The summed E-state index contributed by atoms with van der Waals surface area (Å²) in [6.45, 7) is 3.92. The van der Waals surface area contributed by atoms with Crippen molar-refractivity contribution in [2.24, 2.45) is 4.99 Å². The summed E-state index contributed by atoms with van der Waals surface area (Å²) in [4.78, 5) is 18.1. The number of aryl methyl sites for hydroxylation is 2. The van der Waals surface area contributed by atoms with Gasteiger partial charge in [0.1, 0.15) is 17.6 Å². The number of fused-ring (bicyclic) bond motifs is 3. The molecule has 1 aliphatic heterocycles. The molecular weight excluding hydrogens is 450 g/mol. The summed E-state index contributed by atoms with van der Waals surface area (Å²) in [5.41, 5.74) is 5.10. The summed E-state index contributed by atoms with van der Waals surface area (Å²) in [5, 5.41) is 21.9. The number of nitrogens with one attached hydrogen (secondary N) is 1. The molecule has 1 aliphatic rings. The molecule has 0 spiro atoms. The molecule has 5 rings (SSSR count). The highest BCUT2D eigenvalue weighted by molar-refractivity contribution is 6.30. The van der Waals surface area contributed by atoms with E-state index in [1.165, 1.54) is 6.07 Å². The number of benzene rings is 3. The van der Waals surface area contributed by atoms with Crippen LogP contribution in [-0.2, 0) is 4.79 Å². The van der Waals surface area contributed by atoms with Gasteiger partial charge in [0.15, 0.2) is 5.82 Å². The highest BCUT2D eigenvalue weighted by atomic mass is 35.5. The van der Waals surface area contributed by atoms with Crippen molar-refractivity contribution in [3.8, 4) is 11.4 Å². The quantitative estimate of drug-likeness (QED) is 0.429. The summed E-state index contributed by atoms with van der Waals surface area (Å²) in [7, 11) is 0. The van der Waals surface area contributed by atoms with E-state index in [1.54, 1.807) is 18.2 Å². The number of hydrogen-bond donors (Lipinski definition) is 2. The van der Waals surface area contributed by atoms with Crippen molar-refractivity contribution in [3.05, 3.63) is 100 Å². The number of phenols is 1. The van der Waals surface area contributed by atoms with Crippen molar-refractivity contribution in [3.63, 3.8) is 0 Å². The Morgan fingerprint density at radius 2 is 1.85 bits per heavy atom. The fourth-order valence-corrected chi connectivity index (χ4v) is 4.28. The molecule has 8 heteroatoms. The summed E-state index contributed by atoms with van der Waals surface area (Å²) in [6, 6.07) is 19.5. The van der Waals surface area contributed by atoms with E-state index in [4.69, 9.17) is 16.6 Å². The smallest absolute Gasteiger partial charge is 0.227 e. The van der Waals surface area contributed by atoms with E-state index >= 15 is 0 Å². The molecule has 4 aromatic rings. The van der Waals surface area contributed by atoms with Crippen molar-refractivity contribution in [1.82, 2.24) is 14.8 Å². The Hall–Kier alpha value is -3.97. The second-order valence-electron chi connectivity index (χ2n) is 8.26. The van der Waals surface area contributed by atoms with Gasteiger partial charge >= 0.3 is 0 Å². The Bertz CT molecular complexity index is 1430. The lowest BCUT2D eigenvalue weighted by atomic mass is 9.98. The van der Waals surface area contributed by atoms with Gasteiger partial charge in [-0.15, -0.1) is 10.2 Å².